The monoisotopic (exact) mass is 229 g/mol. The molecule has 0 aliphatic carbocycles. The van der Waals surface area contributed by atoms with Crippen molar-refractivity contribution in [3.05, 3.63) is 65.2 Å². The molecule has 0 aliphatic heterocycles. The van der Waals surface area contributed by atoms with E-state index >= 15 is 0 Å². The Balaban J connectivity index is 2.28. The van der Waals surface area contributed by atoms with Gasteiger partial charge in [-0.1, -0.05) is 41.9 Å². The summed E-state index contributed by atoms with van der Waals surface area (Å²) < 4.78 is 0. The Kier molecular flexibility index (Phi) is 3.37. The molecule has 1 nitrogen and oxygen atoms in total. The summed E-state index contributed by atoms with van der Waals surface area (Å²) in [5.41, 5.74) is 3.05. The first-order chi connectivity index (χ1) is 7.75. The van der Waals surface area contributed by atoms with E-state index in [2.05, 4.69) is 4.99 Å². The second kappa shape index (κ2) is 4.95. The Morgan fingerprint density at radius 2 is 1.56 bits per heavy atom. The first kappa shape index (κ1) is 10.9. The number of aliphatic imine (C=N–C) groups is 1. The summed E-state index contributed by atoms with van der Waals surface area (Å²) in [7, 11) is 0. The van der Waals surface area contributed by atoms with Crippen molar-refractivity contribution in [1.82, 2.24) is 0 Å². The summed E-state index contributed by atoms with van der Waals surface area (Å²) in [4.78, 5) is 4.53. The molecule has 0 saturated heterocycles. The zero-order chi connectivity index (χ0) is 11.4. The van der Waals surface area contributed by atoms with Crippen LogP contribution in [0.25, 0.3) is 0 Å². The topological polar surface area (TPSA) is 12.4 Å². The molecule has 0 amide bonds. The highest BCUT2D eigenvalue weighted by Crippen LogP contribution is 2.15. The van der Waals surface area contributed by atoms with Gasteiger partial charge in [-0.3, -0.25) is 4.99 Å². The minimum Gasteiger partial charge on any atom is -0.253 e. The normalized spacial score (nSPS) is 11.5. The molecule has 2 aromatic rings. The van der Waals surface area contributed by atoms with Gasteiger partial charge in [-0.2, -0.15) is 0 Å². The summed E-state index contributed by atoms with van der Waals surface area (Å²) in [6.45, 7) is 2.00. The van der Waals surface area contributed by atoms with Gasteiger partial charge >= 0.3 is 0 Å². The minimum atomic E-state index is 0.747. The van der Waals surface area contributed by atoms with Crippen molar-refractivity contribution in [2.45, 2.75) is 6.92 Å². The summed E-state index contributed by atoms with van der Waals surface area (Å²) in [6, 6.07) is 17.6. The number of halogens is 1. The molecule has 0 spiro atoms. The predicted molar refractivity (Wildman–Crippen MR) is 69.8 cm³/mol. The maximum Gasteiger partial charge on any atom is 0.0633 e. The summed E-state index contributed by atoms with van der Waals surface area (Å²) in [5, 5.41) is 0.747. The van der Waals surface area contributed by atoms with Crippen molar-refractivity contribution in [3.8, 4) is 0 Å². The molecule has 0 aliphatic rings. The van der Waals surface area contributed by atoms with Crippen LogP contribution in [0.1, 0.15) is 12.5 Å². The molecule has 0 N–H and O–H groups in total. The van der Waals surface area contributed by atoms with Crippen molar-refractivity contribution in [3.63, 3.8) is 0 Å². The van der Waals surface area contributed by atoms with Crippen molar-refractivity contribution >= 4 is 23.0 Å². The number of benzene rings is 2. The lowest BCUT2D eigenvalue weighted by molar-refractivity contribution is 1.47. The quantitative estimate of drug-likeness (QED) is 0.674. The Bertz CT molecular complexity index is 486. The Morgan fingerprint density at radius 3 is 2.19 bits per heavy atom. The largest absolute Gasteiger partial charge is 0.253 e. The lowest BCUT2D eigenvalue weighted by Crippen LogP contribution is -1.92. The Labute approximate surface area is 100 Å². The van der Waals surface area contributed by atoms with Crippen LogP contribution in [0.3, 0.4) is 0 Å². The van der Waals surface area contributed by atoms with Gasteiger partial charge in [0.2, 0.25) is 0 Å². The average Bonchev–Trinajstić information content (AvgIpc) is 2.31. The van der Waals surface area contributed by atoms with E-state index < -0.39 is 0 Å². The molecule has 0 atom stereocenters. The van der Waals surface area contributed by atoms with Crippen molar-refractivity contribution in [2.24, 2.45) is 4.99 Å². The summed E-state index contributed by atoms with van der Waals surface area (Å²) >= 11 is 5.84. The fourth-order valence-electron chi connectivity index (χ4n) is 1.45. The van der Waals surface area contributed by atoms with E-state index in [0.29, 0.717) is 0 Å². The number of nitrogens with zero attached hydrogens (tertiary/aromatic N) is 1. The molecule has 0 heterocycles. The molecular weight excluding hydrogens is 218 g/mol. The highest BCUT2D eigenvalue weighted by molar-refractivity contribution is 6.30. The van der Waals surface area contributed by atoms with Gasteiger partial charge in [0.05, 0.1) is 5.69 Å². The smallest absolute Gasteiger partial charge is 0.0633 e. The molecule has 0 unspecified atom stereocenters. The van der Waals surface area contributed by atoms with Gasteiger partial charge in [-0.05, 0) is 36.8 Å². The third-order valence-corrected chi connectivity index (χ3v) is 2.57. The minimum absolute atomic E-state index is 0.747. The number of para-hydroxylation sites is 1. The molecule has 0 fully saturated rings. The standard InChI is InChI=1S/C14H12ClN/c1-11(12-7-9-13(15)10-8-12)16-14-5-3-2-4-6-14/h2-10H,1H3/b16-11+. The lowest BCUT2D eigenvalue weighted by atomic mass is 10.1. The second-order valence-electron chi connectivity index (χ2n) is 3.54. The van der Waals surface area contributed by atoms with E-state index in [0.717, 1.165) is 22.0 Å². The molecule has 2 aromatic carbocycles. The second-order valence-corrected chi connectivity index (χ2v) is 3.98. The van der Waals surface area contributed by atoms with Crippen molar-refractivity contribution in [2.75, 3.05) is 0 Å². The van der Waals surface area contributed by atoms with E-state index in [1.54, 1.807) is 0 Å². The summed E-state index contributed by atoms with van der Waals surface area (Å²) in [5.74, 6) is 0. The number of rotatable bonds is 2. The predicted octanol–water partition coefficient (Wildman–Crippen LogP) is 4.48. The van der Waals surface area contributed by atoms with Crippen LogP contribution < -0.4 is 0 Å². The fraction of sp³-hybridized carbons (Fsp3) is 0.0714. The zero-order valence-corrected chi connectivity index (χ0v) is 9.78. The molecule has 2 rings (SSSR count). The lowest BCUT2D eigenvalue weighted by Gasteiger charge is -2.01. The van der Waals surface area contributed by atoms with Crippen LogP contribution in [0.2, 0.25) is 5.02 Å². The third-order valence-electron chi connectivity index (χ3n) is 2.31. The summed E-state index contributed by atoms with van der Waals surface area (Å²) in [6.07, 6.45) is 0. The van der Waals surface area contributed by atoms with Gasteiger partial charge in [0, 0.05) is 10.7 Å². The molecule has 2 heteroatoms. The molecule has 16 heavy (non-hydrogen) atoms. The number of hydrogen-bond donors (Lipinski definition) is 0. The van der Waals surface area contributed by atoms with Crippen LogP contribution in [-0.4, -0.2) is 5.71 Å². The van der Waals surface area contributed by atoms with Crippen LogP contribution >= 0.6 is 11.6 Å². The molecule has 0 bridgehead atoms. The number of hydrogen-bond acceptors (Lipinski definition) is 1. The van der Waals surface area contributed by atoms with E-state index in [9.17, 15) is 0 Å². The zero-order valence-electron chi connectivity index (χ0n) is 9.02. The first-order valence-electron chi connectivity index (χ1n) is 5.12. The average molecular weight is 230 g/mol. The van der Waals surface area contributed by atoms with Gasteiger partial charge in [-0.15, -0.1) is 0 Å². The molecule has 80 valence electrons. The SMILES string of the molecule is C/C(=N\c1ccccc1)c1ccc(Cl)cc1. The van der Waals surface area contributed by atoms with Crippen molar-refractivity contribution < 1.29 is 0 Å². The van der Waals surface area contributed by atoms with Crippen LogP contribution in [0, 0.1) is 0 Å². The highest BCUT2D eigenvalue weighted by Gasteiger charge is 1.97. The maximum absolute atomic E-state index is 5.84. The van der Waals surface area contributed by atoms with Crippen LogP contribution in [-0.2, 0) is 0 Å². The van der Waals surface area contributed by atoms with Gasteiger partial charge < -0.3 is 0 Å². The molecule has 0 aromatic heterocycles. The highest BCUT2D eigenvalue weighted by atomic mass is 35.5. The van der Waals surface area contributed by atoms with Gasteiger partial charge in [0.1, 0.15) is 0 Å². The molecule has 0 radical (unpaired) electrons. The van der Waals surface area contributed by atoms with Crippen molar-refractivity contribution in [1.29, 1.82) is 0 Å². The Morgan fingerprint density at radius 1 is 0.938 bits per heavy atom. The van der Waals surface area contributed by atoms with E-state index in [1.165, 1.54) is 0 Å². The van der Waals surface area contributed by atoms with E-state index in [4.69, 9.17) is 11.6 Å². The van der Waals surface area contributed by atoms with Crippen LogP contribution in [0.15, 0.2) is 59.6 Å². The van der Waals surface area contributed by atoms with E-state index in [-0.39, 0.29) is 0 Å². The van der Waals surface area contributed by atoms with E-state index in [1.807, 2.05) is 61.5 Å². The molecular formula is C14H12ClN. The van der Waals surface area contributed by atoms with Gasteiger partial charge in [0.25, 0.3) is 0 Å². The Hall–Kier alpha value is -1.60. The van der Waals surface area contributed by atoms with Crippen LogP contribution in [0.5, 0.6) is 0 Å². The van der Waals surface area contributed by atoms with Gasteiger partial charge in [0.15, 0.2) is 0 Å². The van der Waals surface area contributed by atoms with Crippen LogP contribution in [0.4, 0.5) is 5.69 Å². The van der Waals surface area contributed by atoms with Gasteiger partial charge in [-0.25, -0.2) is 0 Å². The third kappa shape index (κ3) is 2.71. The first-order valence-corrected chi connectivity index (χ1v) is 5.50. The fourth-order valence-corrected chi connectivity index (χ4v) is 1.58. The molecule has 0 saturated carbocycles. The maximum atomic E-state index is 5.84.